The molecular formula is C21H23N5O2. The summed E-state index contributed by atoms with van der Waals surface area (Å²) in [6, 6.07) is 16.3. The first-order valence-electron chi connectivity index (χ1n) is 9.06. The molecule has 1 heterocycles. The van der Waals surface area contributed by atoms with Gasteiger partial charge in [-0.3, -0.25) is 4.79 Å². The summed E-state index contributed by atoms with van der Waals surface area (Å²) in [7, 11) is 0. The van der Waals surface area contributed by atoms with Gasteiger partial charge in [0.05, 0.1) is 23.1 Å². The molecule has 0 aliphatic carbocycles. The number of amides is 3. The lowest BCUT2D eigenvalue weighted by molar-refractivity contribution is 0.0952. The summed E-state index contributed by atoms with van der Waals surface area (Å²) in [5, 5.41) is 12.7. The third-order valence-electron chi connectivity index (χ3n) is 3.95. The van der Waals surface area contributed by atoms with E-state index in [0.717, 1.165) is 11.3 Å². The molecule has 7 heteroatoms. The highest BCUT2D eigenvalue weighted by molar-refractivity contribution is 6.03. The normalized spacial score (nSPS) is 10.5. The van der Waals surface area contributed by atoms with Gasteiger partial charge in [0.15, 0.2) is 0 Å². The van der Waals surface area contributed by atoms with Gasteiger partial charge in [-0.25, -0.2) is 9.48 Å². The molecule has 0 atom stereocenters. The highest BCUT2D eigenvalue weighted by Crippen LogP contribution is 2.15. The van der Waals surface area contributed by atoms with E-state index < -0.39 is 0 Å². The van der Waals surface area contributed by atoms with Crippen LogP contribution in [0.5, 0.6) is 0 Å². The summed E-state index contributed by atoms with van der Waals surface area (Å²) in [5.74, 6) is -0.270. The molecule has 3 aromatic rings. The number of para-hydroxylation sites is 2. The number of carbonyl (C=O) groups excluding carboxylic acids is 2. The number of nitrogens with one attached hydrogen (secondary N) is 3. The van der Waals surface area contributed by atoms with E-state index in [0.29, 0.717) is 17.8 Å². The van der Waals surface area contributed by atoms with Gasteiger partial charge in [-0.15, -0.1) is 0 Å². The van der Waals surface area contributed by atoms with Gasteiger partial charge < -0.3 is 16.0 Å². The van der Waals surface area contributed by atoms with Crippen molar-refractivity contribution in [3.8, 4) is 5.69 Å². The van der Waals surface area contributed by atoms with E-state index in [4.69, 9.17) is 0 Å². The Morgan fingerprint density at radius 2 is 1.75 bits per heavy atom. The van der Waals surface area contributed by atoms with Crippen molar-refractivity contribution in [3.05, 3.63) is 78.1 Å². The van der Waals surface area contributed by atoms with Crippen LogP contribution in [0.4, 0.5) is 10.5 Å². The maximum Gasteiger partial charge on any atom is 0.319 e. The predicted molar refractivity (Wildman–Crippen MR) is 108 cm³/mol. The van der Waals surface area contributed by atoms with Crippen molar-refractivity contribution in [1.29, 1.82) is 0 Å². The number of urea groups is 1. The Labute approximate surface area is 163 Å². The quantitative estimate of drug-likeness (QED) is 0.616. The molecule has 0 spiro atoms. The van der Waals surface area contributed by atoms with Crippen molar-refractivity contribution in [1.82, 2.24) is 20.4 Å². The molecular weight excluding hydrogens is 354 g/mol. The number of anilines is 1. The first-order chi connectivity index (χ1) is 13.5. The molecule has 2 aromatic carbocycles. The third kappa shape index (κ3) is 4.97. The number of benzene rings is 2. The maximum absolute atomic E-state index is 12.6. The van der Waals surface area contributed by atoms with Gasteiger partial charge in [-0.05, 0) is 38.1 Å². The second-order valence-corrected chi connectivity index (χ2v) is 6.61. The highest BCUT2D eigenvalue weighted by atomic mass is 16.2. The molecule has 1 aromatic heterocycles. The summed E-state index contributed by atoms with van der Waals surface area (Å²) in [5.41, 5.74) is 2.68. The first-order valence-corrected chi connectivity index (χ1v) is 9.06. The van der Waals surface area contributed by atoms with Gasteiger partial charge in [0.2, 0.25) is 0 Å². The molecule has 28 heavy (non-hydrogen) atoms. The molecule has 0 radical (unpaired) electrons. The molecule has 3 N–H and O–H groups in total. The molecule has 3 amide bonds. The fourth-order valence-corrected chi connectivity index (χ4v) is 2.66. The molecule has 0 unspecified atom stereocenters. The zero-order valence-electron chi connectivity index (χ0n) is 15.8. The van der Waals surface area contributed by atoms with Crippen molar-refractivity contribution in [2.75, 3.05) is 5.32 Å². The van der Waals surface area contributed by atoms with Gasteiger partial charge in [0, 0.05) is 24.3 Å². The number of hydrogen-bond donors (Lipinski definition) is 3. The van der Waals surface area contributed by atoms with Crippen LogP contribution in [0.15, 0.2) is 67.0 Å². The van der Waals surface area contributed by atoms with E-state index >= 15 is 0 Å². The van der Waals surface area contributed by atoms with E-state index in [1.165, 1.54) is 0 Å². The van der Waals surface area contributed by atoms with Crippen LogP contribution in [-0.2, 0) is 6.54 Å². The van der Waals surface area contributed by atoms with Crippen LogP contribution in [0.25, 0.3) is 5.69 Å². The van der Waals surface area contributed by atoms with Crippen LogP contribution >= 0.6 is 0 Å². The largest absolute Gasteiger partial charge is 0.348 e. The summed E-state index contributed by atoms with van der Waals surface area (Å²) < 4.78 is 1.76. The van der Waals surface area contributed by atoms with E-state index in [1.807, 2.05) is 50.4 Å². The predicted octanol–water partition coefficient (Wildman–Crippen LogP) is 3.33. The van der Waals surface area contributed by atoms with Gasteiger partial charge in [-0.1, -0.05) is 30.3 Å². The molecule has 0 aliphatic heterocycles. The van der Waals surface area contributed by atoms with Crippen molar-refractivity contribution in [2.24, 2.45) is 0 Å². The fourth-order valence-electron chi connectivity index (χ4n) is 2.66. The zero-order valence-corrected chi connectivity index (χ0v) is 15.8. The zero-order chi connectivity index (χ0) is 19.9. The summed E-state index contributed by atoms with van der Waals surface area (Å²) in [4.78, 5) is 24.6. The van der Waals surface area contributed by atoms with Crippen molar-refractivity contribution < 1.29 is 9.59 Å². The Kier molecular flexibility index (Phi) is 6.06. The molecule has 0 saturated carbocycles. The van der Waals surface area contributed by atoms with E-state index in [9.17, 15) is 9.59 Å². The molecule has 0 aliphatic rings. The molecule has 0 fully saturated rings. The molecule has 0 saturated heterocycles. The Bertz CT molecular complexity index is 950. The number of hydrogen-bond acceptors (Lipinski definition) is 3. The Hall–Kier alpha value is -3.61. The van der Waals surface area contributed by atoms with E-state index in [-0.39, 0.29) is 18.0 Å². The number of carbonyl (C=O) groups is 2. The molecule has 0 bridgehead atoms. The maximum atomic E-state index is 12.6. The first kappa shape index (κ1) is 19.2. The average Bonchev–Trinajstić information content (AvgIpc) is 3.15. The van der Waals surface area contributed by atoms with Crippen LogP contribution in [0.1, 0.15) is 29.8 Å². The van der Waals surface area contributed by atoms with E-state index in [2.05, 4.69) is 21.0 Å². The standard InChI is InChI=1S/C21H23N5O2/c1-15(2)24-21(28)25-19-11-7-6-10-18(19)20(27)22-12-16-13-23-26(14-16)17-8-4-3-5-9-17/h3-11,13-15H,12H2,1-2H3,(H,22,27)(H2,24,25,28). The second kappa shape index (κ2) is 8.85. The topological polar surface area (TPSA) is 88.1 Å². The minimum atomic E-state index is -0.348. The number of rotatable bonds is 6. The Morgan fingerprint density at radius 1 is 1.04 bits per heavy atom. The van der Waals surface area contributed by atoms with Crippen LogP contribution in [-0.4, -0.2) is 27.8 Å². The summed E-state index contributed by atoms with van der Waals surface area (Å²) >= 11 is 0. The minimum absolute atomic E-state index is 0.00198. The van der Waals surface area contributed by atoms with Crippen molar-refractivity contribution in [2.45, 2.75) is 26.4 Å². The minimum Gasteiger partial charge on any atom is -0.348 e. The van der Waals surface area contributed by atoms with Crippen LogP contribution in [0, 0.1) is 0 Å². The SMILES string of the molecule is CC(C)NC(=O)Nc1ccccc1C(=O)NCc1cnn(-c2ccccc2)c1. The molecule has 144 valence electrons. The Balaban J connectivity index is 1.64. The lowest BCUT2D eigenvalue weighted by atomic mass is 10.1. The Morgan fingerprint density at radius 3 is 2.50 bits per heavy atom. The van der Waals surface area contributed by atoms with Crippen molar-refractivity contribution in [3.63, 3.8) is 0 Å². The fraction of sp³-hybridized carbons (Fsp3) is 0.190. The smallest absolute Gasteiger partial charge is 0.319 e. The average molecular weight is 377 g/mol. The number of aromatic nitrogens is 2. The third-order valence-corrected chi connectivity index (χ3v) is 3.95. The van der Waals surface area contributed by atoms with Gasteiger partial charge in [0.1, 0.15) is 0 Å². The van der Waals surface area contributed by atoms with E-state index in [1.54, 1.807) is 35.1 Å². The summed E-state index contributed by atoms with van der Waals surface area (Å²) in [6.07, 6.45) is 3.59. The lowest BCUT2D eigenvalue weighted by Crippen LogP contribution is -2.35. The van der Waals surface area contributed by atoms with Gasteiger partial charge >= 0.3 is 6.03 Å². The lowest BCUT2D eigenvalue weighted by Gasteiger charge is -2.13. The van der Waals surface area contributed by atoms with Gasteiger partial charge in [0.25, 0.3) is 5.91 Å². The summed E-state index contributed by atoms with van der Waals surface area (Å²) in [6.45, 7) is 4.07. The monoisotopic (exact) mass is 377 g/mol. The van der Waals surface area contributed by atoms with Crippen LogP contribution in [0.3, 0.4) is 0 Å². The highest BCUT2D eigenvalue weighted by Gasteiger charge is 2.13. The van der Waals surface area contributed by atoms with Crippen molar-refractivity contribution >= 4 is 17.6 Å². The van der Waals surface area contributed by atoms with Gasteiger partial charge in [-0.2, -0.15) is 5.10 Å². The molecule has 3 rings (SSSR count). The molecule has 7 nitrogen and oxygen atoms in total. The van der Waals surface area contributed by atoms with Crippen LogP contribution in [0.2, 0.25) is 0 Å². The van der Waals surface area contributed by atoms with Crippen LogP contribution < -0.4 is 16.0 Å². The second-order valence-electron chi connectivity index (χ2n) is 6.61. The number of nitrogens with zero attached hydrogens (tertiary/aromatic N) is 2.